The Hall–Kier alpha value is -4.08. The molecule has 2 N–H and O–H groups in total. The molecule has 2 heterocycles. The summed E-state index contributed by atoms with van der Waals surface area (Å²) >= 11 is 0. The molecule has 4 aromatic rings. The summed E-state index contributed by atoms with van der Waals surface area (Å²) < 4.78 is 54.5. The van der Waals surface area contributed by atoms with Gasteiger partial charge < -0.3 is 15.5 Å². The number of halogens is 4. The molecule has 0 aliphatic carbocycles. The first-order chi connectivity index (χ1) is 15.6. The summed E-state index contributed by atoms with van der Waals surface area (Å²) in [5, 5.41) is 5.66. The fraction of sp³-hybridized carbons (Fsp3) is 0.130. The molecule has 0 bridgehead atoms. The lowest BCUT2D eigenvalue weighted by molar-refractivity contribution is -0.140. The van der Waals surface area contributed by atoms with Crippen LogP contribution in [0.3, 0.4) is 0 Å². The molecular weight excluding hydrogens is 438 g/mol. The Balaban J connectivity index is 1.49. The minimum Gasteiger partial charge on any atom is -0.378 e. The van der Waals surface area contributed by atoms with Gasteiger partial charge in [-0.1, -0.05) is 6.07 Å². The lowest BCUT2D eigenvalue weighted by atomic mass is 10.1. The van der Waals surface area contributed by atoms with E-state index in [2.05, 4.69) is 15.6 Å². The second-order valence-electron chi connectivity index (χ2n) is 7.48. The summed E-state index contributed by atoms with van der Waals surface area (Å²) in [6.07, 6.45) is -3.63. The molecule has 170 valence electrons. The molecular formula is C23H19F4N5O. The van der Waals surface area contributed by atoms with Gasteiger partial charge in [-0.15, -0.1) is 0 Å². The molecule has 1 amide bonds. The monoisotopic (exact) mass is 457 g/mol. The highest BCUT2D eigenvalue weighted by atomic mass is 19.4. The largest absolute Gasteiger partial charge is 0.434 e. The summed E-state index contributed by atoms with van der Waals surface area (Å²) in [5.41, 5.74) is 0.718. The van der Waals surface area contributed by atoms with Gasteiger partial charge in [0, 0.05) is 37.4 Å². The quantitative estimate of drug-likeness (QED) is 0.386. The molecule has 0 saturated carbocycles. The van der Waals surface area contributed by atoms with E-state index in [0.717, 1.165) is 6.20 Å². The van der Waals surface area contributed by atoms with E-state index in [4.69, 9.17) is 0 Å². The Bertz CT molecular complexity index is 1310. The molecule has 2 aromatic heterocycles. The summed E-state index contributed by atoms with van der Waals surface area (Å²) in [6, 6.07) is 15.5. The Morgan fingerprint density at radius 2 is 1.70 bits per heavy atom. The van der Waals surface area contributed by atoms with Crippen molar-refractivity contribution in [2.75, 3.05) is 29.6 Å². The number of rotatable bonds is 5. The lowest BCUT2D eigenvalue weighted by Gasteiger charge is -2.14. The van der Waals surface area contributed by atoms with Crippen molar-refractivity contribution < 1.29 is 22.4 Å². The molecule has 10 heteroatoms. The molecule has 4 rings (SSSR count). The van der Waals surface area contributed by atoms with Gasteiger partial charge in [0.15, 0.2) is 5.69 Å². The van der Waals surface area contributed by atoms with Gasteiger partial charge in [-0.2, -0.15) is 13.2 Å². The third-order valence-corrected chi connectivity index (χ3v) is 4.91. The van der Waals surface area contributed by atoms with Gasteiger partial charge in [-0.3, -0.25) is 9.20 Å². The summed E-state index contributed by atoms with van der Waals surface area (Å²) in [6.45, 7) is 0. The highest BCUT2D eigenvalue weighted by Gasteiger charge is 2.34. The van der Waals surface area contributed by atoms with Gasteiger partial charge >= 0.3 is 6.18 Å². The maximum absolute atomic E-state index is 14.3. The molecule has 0 radical (unpaired) electrons. The zero-order chi connectivity index (χ0) is 23.8. The first kappa shape index (κ1) is 22.1. The van der Waals surface area contributed by atoms with Gasteiger partial charge in [-0.05, 0) is 54.6 Å². The number of alkyl halides is 3. The van der Waals surface area contributed by atoms with Crippen LogP contribution in [0.2, 0.25) is 0 Å². The van der Waals surface area contributed by atoms with Crippen LogP contribution in [0.1, 0.15) is 16.1 Å². The minimum absolute atomic E-state index is 0.0879. The van der Waals surface area contributed by atoms with Crippen LogP contribution in [-0.4, -0.2) is 29.4 Å². The van der Waals surface area contributed by atoms with Crippen LogP contribution in [0, 0.1) is 5.82 Å². The van der Waals surface area contributed by atoms with Crippen LogP contribution in [-0.2, 0) is 6.18 Å². The number of aromatic nitrogens is 2. The molecule has 0 atom stereocenters. The number of pyridine rings is 1. The number of amides is 1. The number of benzene rings is 2. The number of fused-ring (bicyclic) bond motifs is 1. The van der Waals surface area contributed by atoms with Crippen LogP contribution in [0.5, 0.6) is 0 Å². The number of carbonyl (C=O) groups is 1. The second-order valence-corrected chi connectivity index (χ2v) is 7.48. The number of hydrogen-bond acceptors (Lipinski definition) is 4. The van der Waals surface area contributed by atoms with Crippen molar-refractivity contribution in [2.45, 2.75) is 6.18 Å². The van der Waals surface area contributed by atoms with E-state index in [0.29, 0.717) is 22.9 Å². The van der Waals surface area contributed by atoms with Crippen molar-refractivity contribution in [1.82, 2.24) is 9.38 Å². The van der Waals surface area contributed by atoms with Crippen molar-refractivity contribution >= 4 is 34.4 Å². The molecule has 0 fully saturated rings. The van der Waals surface area contributed by atoms with Crippen molar-refractivity contribution in [1.29, 1.82) is 0 Å². The number of imidazole rings is 1. The van der Waals surface area contributed by atoms with E-state index >= 15 is 0 Å². The second kappa shape index (κ2) is 8.45. The van der Waals surface area contributed by atoms with Crippen LogP contribution < -0.4 is 15.5 Å². The SMILES string of the molecule is CN(C)c1ccc(C(=O)Nc2ccc(Nc3cccc4nc(C(F)(F)F)cn34)cc2)c(F)c1. The molecule has 0 aliphatic rings. The van der Waals surface area contributed by atoms with E-state index < -0.39 is 23.6 Å². The first-order valence-corrected chi connectivity index (χ1v) is 9.82. The molecule has 0 unspecified atom stereocenters. The van der Waals surface area contributed by atoms with Crippen molar-refractivity contribution in [3.63, 3.8) is 0 Å². The Morgan fingerprint density at radius 3 is 2.33 bits per heavy atom. The molecule has 0 saturated heterocycles. The number of carbonyl (C=O) groups excluding carboxylic acids is 1. The lowest BCUT2D eigenvalue weighted by Crippen LogP contribution is -2.15. The number of anilines is 4. The number of nitrogens with one attached hydrogen (secondary N) is 2. The average molecular weight is 457 g/mol. The topological polar surface area (TPSA) is 61.7 Å². The van der Waals surface area contributed by atoms with Crippen molar-refractivity contribution in [3.8, 4) is 0 Å². The predicted octanol–water partition coefficient (Wildman–Crippen LogP) is 5.55. The van der Waals surface area contributed by atoms with Gasteiger partial charge in [0.05, 0.1) is 5.56 Å². The molecule has 33 heavy (non-hydrogen) atoms. The normalized spacial score (nSPS) is 11.5. The third kappa shape index (κ3) is 4.74. The maximum atomic E-state index is 14.3. The van der Waals surface area contributed by atoms with Crippen molar-refractivity contribution in [3.05, 3.63) is 83.9 Å². The van der Waals surface area contributed by atoms with E-state index in [1.165, 1.54) is 22.6 Å². The molecule has 2 aromatic carbocycles. The van der Waals surface area contributed by atoms with Gasteiger partial charge in [-0.25, -0.2) is 9.37 Å². The molecule has 6 nitrogen and oxygen atoms in total. The van der Waals surface area contributed by atoms with Gasteiger partial charge in [0.2, 0.25) is 0 Å². The van der Waals surface area contributed by atoms with Crippen LogP contribution in [0.4, 0.5) is 40.4 Å². The Kier molecular flexibility index (Phi) is 5.67. The Morgan fingerprint density at radius 1 is 1.00 bits per heavy atom. The van der Waals surface area contributed by atoms with Crippen LogP contribution in [0.15, 0.2) is 66.9 Å². The summed E-state index contributed by atoms with van der Waals surface area (Å²) in [7, 11) is 3.54. The van der Waals surface area contributed by atoms with E-state index in [-0.39, 0.29) is 11.2 Å². The standard InChI is InChI=1S/C23H19F4N5O/c1-31(2)16-10-11-17(18(24)12-16)22(33)29-15-8-6-14(7-9-15)28-20-4-3-5-21-30-19(13-32(20)21)23(25,26)27/h3-13,28H,1-2H3,(H,29,33). The Labute approximate surface area is 186 Å². The zero-order valence-corrected chi connectivity index (χ0v) is 17.6. The zero-order valence-electron chi connectivity index (χ0n) is 17.6. The van der Waals surface area contributed by atoms with Crippen molar-refractivity contribution in [2.24, 2.45) is 0 Å². The average Bonchev–Trinajstić information content (AvgIpc) is 3.21. The highest BCUT2D eigenvalue weighted by Crippen LogP contribution is 2.30. The molecule has 0 aliphatic heterocycles. The third-order valence-electron chi connectivity index (χ3n) is 4.91. The van der Waals surface area contributed by atoms with Crippen LogP contribution >= 0.6 is 0 Å². The fourth-order valence-corrected chi connectivity index (χ4v) is 3.20. The smallest absolute Gasteiger partial charge is 0.378 e. The predicted molar refractivity (Wildman–Crippen MR) is 119 cm³/mol. The van der Waals surface area contributed by atoms with E-state index in [9.17, 15) is 22.4 Å². The van der Waals surface area contributed by atoms with Crippen LogP contribution in [0.25, 0.3) is 5.65 Å². The summed E-state index contributed by atoms with van der Waals surface area (Å²) in [4.78, 5) is 17.8. The fourth-order valence-electron chi connectivity index (χ4n) is 3.20. The van der Waals surface area contributed by atoms with E-state index in [1.807, 2.05) is 0 Å². The van der Waals surface area contributed by atoms with Gasteiger partial charge in [0.1, 0.15) is 17.3 Å². The molecule has 0 spiro atoms. The highest BCUT2D eigenvalue weighted by molar-refractivity contribution is 6.04. The maximum Gasteiger partial charge on any atom is 0.434 e. The summed E-state index contributed by atoms with van der Waals surface area (Å²) in [5.74, 6) is -0.847. The first-order valence-electron chi connectivity index (χ1n) is 9.82. The van der Waals surface area contributed by atoms with Gasteiger partial charge in [0.25, 0.3) is 5.91 Å². The minimum atomic E-state index is -4.55. The number of nitrogens with zero attached hydrogens (tertiary/aromatic N) is 3. The number of hydrogen-bond donors (Lipinski definition) is 2. The van der Waals surface area contributed by atoms with E-state index in [1.54, 1.807) is 61.5 Å².